The molecule has 1 fully saturated rings. The molecule has 1 aliphatic rings. The van der Waals surface area contributed by atoms with Gasteiger partial charge in [0.05, 0.1) is 29.1 Å². The molecule has 4 rings (SSSR count). The molecule has 9 heteroatoms. The number of likely N-dealkylation sites (tertiary alicyclic amines) is 1. The van der Waals surface area contributed by atoms with E-state index < -0.39 is 17.3 Å². The predicted molar refractivity (Wildman–Crippen MR) is 147 cm³/mol. The van der Waals surface area contributed by atoms with Gasteiger partial charge < -0.3 is 21.5 Å². The fourth-order valence-electron chi connectivity index (χ4n) is 4.65. The van der Waals surface area contributed by atoms with Crippen molar-refractivity contribution >= 4 is 35.1 Å². The number of pyridine rings is 1. The zero-order valence-corrected chi connectivity index (χ0v) is 21.4. The molecule has 0 bridgehead atoms. The van der Waals surface area contributed by atoms with E-state index in [-0.39, 0.29) is 23.6 Å². The SMILES string of the molecule is CC(C)(O)CN1CC(C(=O)Nc2ccc(F)cn2)C(c2ccc(C=CC(=O)Nc3ccccc3N)cc2)C1. The van der Waals surface area contributed by atoms with Crippen molar-refractivity contribution in [2.45, 2.75) is 25.4 Å². The third-order valence-electron chi connectivity index (χ3n) is 6.33. The van der Waals surface area contributed by atoms with Gasteiger partial charge in [0.2, 0.25) is 11.8 Å². The van der Waals surface area contributed by atoms with Gasteiger partial charge in [0.1, 0.15) is 11.6 Å². The topological polar surface area (TPSA) is 121 Å². The molecule has 3 aromatic rings. The summed E-state index contributed by atoms with van der Waals surface area (Å²) in [6.07, 6.45) is 4.20. The minimum absolute atomic E-state index is 0.125. The van der Waals surface area contributed by atoms with Gasteiger partial charge in [-0.3, -0.25) is 14.5 Å². The Balaban J connectivity index is 1.46. The summed E-state index contributed by atoms with van der Waals surface area (Å²) in [5, 5.41) is 15.9. The zero-order valence-electron chi connectivity index (χ0n) is 21.4. The summed E-state index contributed by atoms with van der Waals surface area (Å²) in [5.74, 6) is -1.22. The summed E-state index contributed by atoms with van der Waals surface area (Å²) in [6, 6.07) is 17.4. The molecule has 0 saturated carbocycles. The molecular formula is C29H32FN5O3. The lowest BCUT2D eigenvalue weighted by Gasteiger charge is -2.25. The predicted octanol–water partition coefficient (Wildman–Crippen LogP) is 3.88. The van der Waals surface area contributed by atoms with Crippen LogP contribution in [0.1, 0.15) is 30.9 Å². The number of amides is 2. The number of hydrogen-bond donors (Lipinski definition) is 4. The van der Waals surface area contributed by atoms with E-state index in [1.807, 2.05) is 24.3 Å². The molecule has 0 aliphatic carbocycles. The quantitative estimate of drug-likeness (QED) is 0.266. The first-order chi connectivity index (χ1) is 18.1. The minimum Gasteiger partial charge on any atom is -0.397 e. The summed E-state index contributed by atoms with van der Waals surface area (Å²) in [4.78, 5) is 31.5. The summed E-state index contributed by atoms with van der Waals surface area (Å²) in [5.41, 5.74) is 7.80. The lowest BCUT2D eigenvalue weighted by atomic mass is 9.88. The van der Waals surface area contributed by atoms with Crippen molar-refractivity contribution in [3.05, 3.63) is 89.9 Å². The van der Waals surface area contributed by atoms with Gasteiger partial charge in [-0.05, 0) is 55.3 Å². The van der Waals surface area contributed by atoms with Crippen LogP contribution in [0.3, 0.4) is 0 Å². The van der Waals surface area contributed by atoms with Crippen molar-refractivity contribution in [1.82, 2.24) is 9.88 Å². The molecule has 1 aromatic heterocycles. The molecule has 0 spiro atoms. The van der Waals surface area contributed by atoms with Crippen LogP contribution >= 0.6 is 0 Å². The Morgan fingerprint density at radius 3 is 2.50 bits per heavy atom. The van der Waals surface area contributed by atoms with Crippen molar-refractivity contribution in [3.8, 4) is 0 Å². The highest BCUT2D eigenvalue weighted by atomic mass is 19.1. The average Bonchev–Trinajstić information content (AvgIpc) is 3.28. The van der Waals surface area contributed by atoms with E-state index >= 15 is 0 Å². The summed E-state index contributed by atoms with van der Waals surface area (Å²) in [7, 11) is 0. The molecule has 2 atom stereocenters. The Morgan fingerprint density at radius 2 is 1.84 bits per heavy atom. The van der Waals surface area contributed by atoms with E-state index in [0.717, 1.165) is 17.3 Å². The highest BCUT2D eigenvalue weighted by Gasteiger charge is 2.39. The number of halogens is 1. The number of nitrogens with two attached hydrogens (primary N) is 1. The van der Waals surface area contributed by atoms with Crippen LogP contribution in [0.4, 0.5) is 21.6 Å². The molecule has 0 radical (unpaired) electrons. The first-order valence-electron chi connectivity index (χ1n) is 12.4. The lowest BCUT2D eigenvalue weighted by molar-refractivity contribution is -0.120. The van der Waals surface area contributed by atoms with Crippen molar-refractivity contribution in [3.63, 3.8) is 0 Å². The van der Waals surface area contributed by atoms with Crippen LogP contribution in [0, 0.1) is 11.7 Å². The second kappa shape index (κ2) is 11.5. The van der Waals surface area contributed by atoms with E-state index in [4.69, 9.17) is 5.73 Å². The molecular weight excluding hydrogens is 485 g/mol. The lowest BCUT2D eigenvalue weighted by Crippen LogP contribution is -2.38. The number of nitrogens with one attached hydrogen (secondary N) is 2. The normalized spacial score (nSPS) is 18.0. The Kier molecular flexibility index (Phi) is 8.19. The average molecular weight is 518 g/mol. The summed E-state index contributed by atoms with van der Waals surface area (Å²) < 4.78 is 13.2. The number of aromatic nitrogens is 1. The summed E-state index contributed by atoms with van der Waals surface area (Å²) >= 11 is 0. The first kappa shape index (κ1) is 27.0. The van der Waals surface area contributed by atoms with Crippen molar-refractivity contribution in [2.75, 3.05) is 36.0 Å². The number of carbonyl (C=O) groups excluding carboxylic acids is 2. The number of nitrogen functional groups attached to an aromatic ring is 1. The Bertz CT molecular complexity index is 1300. The standard InChI is InChI=1S/C29H32FN5O3/c1-29(2,38)18-35-16-22(23(17-35)28(37)34-26-13-12-21(30)15-32-26)20-10-7-19(8-11-20)9-14-27(36)33-25-6-4-3-5-24(25)31/h3-15,22-23,38H,16-18,31H2,1-2H3,(H,33,36)(H,32,34,37). The number of rotatable bonds is 8. The smallest absolute Gasteiger partial charge is 0.248 e. The van der Waals surface area contributed by atoms with Gasteiger partial charge in [0.25, 0.3) is 0 Å². The number of hydrogen-bond acceptors (Lipinski definition) is 6. The van der Waals surface area contributed by atoms with E-state index in [0.29, 0.717) is 31.0 Å². The summed E-state index contributed by atoms with van der Waals surface area (Å²) in [6.45, 7) is 4.95. The number of aliphatic hydroxyl groups is 1. The largest absolute Gasteiger partial charge is 0.397 e. The molecule has 5 N–H and O–H groups in total. The van der Waals surface area contributed by atoms with Crippen LogP contribution in [0.15, 0.2) is 72.9 Å². The maximum Gasteiger partial charge on any atom is 0.248 e. The van der Waals surface area contributed by atoms with Gasteiger partial charge in [-0.15, -0.1) is 0 Å². The third kappa shape index (κ3) is 7.24. The second-order valence-corrected chi connectivity index (χ2v) is 10.1. The van der Waals surface area contributed by atoms with Gasteiger partial charge in [0.15, 0.2) is 0 Å². The maximum atomic E-state index is 13.2. The highest BCUT2D eigenvalue weighted by Crippen LogP contribution is 2.34. The van der Waals surface area contributed by atoms with Crippen LogP contribution in [-0.2, 0) is 9.59 Å². The molecule has 2 aromatic carbocycles. The van der Waals surface area contributed by atoms with E-state index in [1.165, 1.54) is 18.2 Å². The number of para-hydroxylation sites is 2. The molecule has 1 aliphatic heterocycles. The molecule has 2 heterocycles. The molecule has 2 unspecified atom stereocenters. The van der Waals surface area contributed by atoms with E-state index in [9.17, 15) is 19.1 Å². The molecule has 38 heavy (non-hydrogen) atoms. The molecule has 198 valence electrons. The Hall–Kier alpha value is -4.08. The van der Waals surface area contributed by atoms with Crippen LogP contribution in [-0.4, -0.2) is 52.0 Å². The van der Waals surface area contributed by atoms with E-state index in [2.05, 4.69) is 20.5 Å². The highest BCUT2D eigenvalue weighted by molar-refractivity contribution is 6.03. The van der Waals surface area contributed by atoms with Crippen LogP contribution in [0.25, 0.3) is 6.08 Å². The molecule has 8 nitrogen and oxygen atoms in total. The van der Waals surface area contributed by atoms with Crippen LogP contribution < -0.4 is 16.4 Å². The minimum atomic E-state index is -0.909. The molecule has 1 saturated heterocycles. The van der Waals surface area contributed by atoms with Crippen molar-refractivity contribution in [1.29, 1.82) is 0 Å². The number of anilines is 3. The monoisotopic (exact) mass is 517 g/mol. The Labute approximate surface area is 221 Å². The van der Waals surface area contributed by atoms with Gasteiger partial charge in [-0.2, -0.15) is 0 Å². The second-order valence-electron chi connectivity index (χ2n) is 10.1. The van der Waals surface area contributed by atoms with Gasteiger partial charge in [-0.1, -0.05) is 36.4 Å². The van der Waals surface area contributed by atoms with Gasteiger partial charge in [-0.25, -0.2) is 9.37 Å². The first-order valence-corrected chi connectivity index (χ1v) is 12.4. The number of nitrogens with zero attached hydrogens (tertiary/aromatic N) is 2. The maximum absolute atomic E-state index is 13.2. The fourth-order valence-corrected chi connectivity index (χ4v) is 4.65. The van der Waals surface area contributed by atoms with E-state index in [1.54, 1.807) is 44.2 Å². The van der Waals surface area contributed by atoms with Crippen molar-refractivity contribution in [2.24, 2.45) is 5.92 Å². The Morgan fingerprint density at radius 1 is 1.11 bits per heavy atom. The van der Waals surface area contributed by atoms with Gasteiger partial charge in [0, 0.05) is 31.6 Å². The zero-order chi connectivity index (χ0) is 27.3. The van der Waals surface area contributed by atoms with Crippen LogP contribution in [0.5, 0.6) is 0 Å². The van der Waals surface area contributed by atoms with Gasteiger partial charge >= 0.3 is 0 Å². The van der Waals surface area contributed by atoms with Crippen molar-refractivity contribution < 1.29 is 19.1 Å². The van der Waals surface area contributed by atoms with Crippen LogP contribution in [0.2, 0.25) is 0 Å². The third-order valence-corrected chi connectivity index (χ3v) is 6.33. The number of benzene rings is 2. The fraction of sp³-hybridized carbons (Fsp3) is 0.276. The number of carbonyl (C=O) groups is 2. The molecule has 2 amide bonds. The number of β-amino-alcohol motifs (C(OH)–C–C–N with tert-alkyl or cyclic N) is 1.